The van der Waals surface area contributed by atoms with E-state index in [2.05, 4.69) is 48.3 Å². The molecule has 0 N–H and O–H groups in total. The Kier molecular flexibility index (Phi) is 9.22. The first-order valence-corrected chi connectivity index (χ1v) is 10.8. The summed E-state index contributed by atoms with van der Waals surface area (Å²) in [4.78, 5) is 2.21. The third-order valence-corrected chi connectivity index (χ3v) is 6.57. The van der Waals surface area contributed by atoms with E-state index in [0.29, 0.717) is 5.02 Å². The van der Waals surface area contributed by atoms with Crippen LogP contribution >= 0.6 is 18.5 Å². The molecule has 0 aromatic heterocycles. The number of nitrogens with zero attached hydrogens (tertiary/aromatic N) is 1. The zero-order valence-corrected chi connectivity index (χ0v) is 22.6. The molecule has 0 fully saturated rings. The predicted molar refractivity (Wildman–Crippen MR) is 117 cm³/mol. The molecular formula is C21H18ClNNa2OPS+. The van der Waals surface area contributed by atoms with Crippen molar-refractivity contribution in [2.24, 2.45) is 0 Å². The number of para-hydroxylation sites is 2. The van der Waals surface area contributed by atoms with E-state index in [-0.39, 0.29) is 62.0 Å². The summed E-state index contributed by atoms with van der Waals surface area (Å²) >= 11 is 11.5. The molecule has 1 atom stereocenters. The summed E-state index contributed by atoms with van der Waals surface area (Å²) in [5.41, 5.74) is 5.65. The SMILES string of the molecule is CN1c2ccccc2C(=CO[P+](=S)c2ccc(Cl)cc2)c2ccccc21.[H-].[H-].[Na+].[Na+]. The first kappa shape index (κ1) is 24.1. The summed E-state index contributed by atoms with van der Waals surface area (Å²) in [6.07, 6.45) is 1.82. The number of halogens is 1. The van der Waals surface area contributed by atoms with Crippen LogP contribution in [0.5, 0.6) is 0 Å². The Hall–Kier alpha value is -0.190. The standard InChI is InChI=1S/C21H16ClNOPS.2Na.2H/c1-23-20-8-4-2-6-17(20)19(18-7-3-5-9-21(18)23)14-24-25(26)16-12-10-15(22)11-13-16;;;;/h2-14H,1H3;;;;/q3*+1;2*-1. The van der Waals surface area contributed by atoms with Gasteiger partial charge >= 0.3 is 66.0 Å². The average Bonchev–Trinajstić information content (AvgIpc) is 2.68. The van der Waals surface area contributed by atoms with Crippen molar-refractivity contribution in [2.45, 2.75) is 0 Å². The molecule has 7 heteroatoms. The zero-order chi connectivity index (χ0) is 18.1. The summed E-state index contributed by atoms with van der Waals surface area (Å²) in [7, 11) is 2.09. The fourth-order valence-corrected chi connectivity index (χ4v) is 4.45. The van der Waals surface area contributed by atoms with Gasteiger partial charge in [-0.05, 0) is 36.4 Å². The van der Waals surface area contributed by atoms with Crippen molar-refractivity contribution in [1.29, 1.82) is 0 Å². The molecule has 1 aliphatic rings. The number of hydrogen-bond acceptors (Lipinski definition) is 3. The molecule has 1 aliphatic heterocycles. The van der Waals surface area contributed by atoms with Crippen LogP contribution in [0.1, 0.15) is 14.0 Å². The number of fused-ring (bicyclic) bond motifs is 2. The van der Waals surface area contributed by atoms with E-state index < -0.39 is 6.92 Å². The molecule has 132 valence electrons. The van der Waals surface area contributed by atoms with Crippen LogP contribution < -0.4 is 69.3 Å². The van der Waals surface area contributed by atoms with Gasteiger partial charge in [-0.15, -0.1) is 0 Å². The molecule has 28 heavy (non-hydrogen) atoms. The first-order chi connectivity index (χ1) is 12.6. The molecule has 0 bridgehead atoms. The molecule has 1 unspecified atom stereocenters. The fraction of sp³-hybridized carbons (Fsp3) is 0.0476. The second kappa shape index (κ2) is 10.7. The molecule has 0 amide bonds. The van der Waals surface area contributed by atoms with Gasteiger partial charge in [0.1, 0.15) is 0 Å². The van der Waals surface area contributed by atoms with E-state index >= 15 is 0 Å². The minimum Gasteiger partial charge on any atom is -1.00 e. The van der Waals surface area contributed by atoms with Crippen LogP contribution in [0.15, 0.2) is 79.1 Å². The van der Waals surface area contributed by atoms with Gasteiger partial charge in [0, 0.05) is 40.1 Å². The third-order valence-electron chi connectivity index (χ3n) is 4.41. The van der Waals surface area contributed by atoms with Crippen molar-refractivity contribution in [3.63, 3.8) is 0 Å². The summed E-state index contributed by atoms with van der Waals surface area (Å²) in [6.45, 7) is -1.17. The molecule has 0 radical (unpaired) electrons. The normalized spacial score (nSPS) is 12.0. The van der Waals surface area contributed by atoms with E-state index in [1.54, 1.807) is 0 Å². The van der Waals surface area contributed by atoms with Crippen LogP contribution in [-0.4, -0.2) is 7.05 Å². The summed E-state index contributed by atoms with van der Waals surface area (Å²) < 4.78 is 6.01. The van der Waals surface area contributed by atoms with Gasteiger partial charge in [-0.2, -0.15) is 0 Å². The second-order valence-electron chi connectivity index (χ2n) is 5.96. The maximum Gasteiger partial charge on any atom is 1.00 e. The van der Waals surface area contributed by atoms with Gasteiger partial charge in [0.15, 0.2) is 6.26 Å². The van der Waals surface area contributed by atoms with E-state index in [1.165, 1.54) is 0 Å². The van der Waals surface area contributed by atoms with Gasteiger partial charge in [0.25, 0.3) is 0 Å². The number of benzene rings is 3. The van der Waals surface area contributed by atoms with Crippen LogP contribution in [-0.2, 0) is 16.3 Å². The molecule has 3 aromatic rings. The Labute approximate surface area is 224 Å². The van der Waals surface area contributed by atoms with Crippen LogP contribution in [0, 0.1) is 0 Å². The van der Waals surface area contributed by atoms with Crippen LogP contribution in [0.2, 0.25) is 5.02 Å². The van der Waals surface area contributed by atoms with Crippen molar-refractivity contribution in [1.82, 2.24) is 0 Å². The van der Waals surface area contributed by atoms with E-state index in [1.807, 2.05) is 42.7 Å². The summed E-state index contributed by atoms with van der Waals surface area (Å²) in [6, 6.07) is 24.2. The number of rotatable bonds is 3. The number of hydrogen-bond donors (Lipinski definition) is 0. The Morgan fingerprint density at radius 1 is 0.893 bits per heavy atom. The Balaban J connectivity index is 0.00000210. The fourth-order valence-electron chi connectivity index (χ4n) is 3.11. The molecule has 2 nitrogen and oxygen atoms in total. The van der Waals surface area contributed by atoms with Gasteiger partial charge in [-0.3, -0.25) is 4.52 Å². The van der Waals surface area contributed by atoms with Crippen LogP contribution in [0.3, 0.4) is 0 Å². The maximum absolute atomic E-state index is 6.01. The summed E-state index contributed by atoms with van der Waals surface area (Å²) in [5.74, 6) is 0. The largest absolute Gasteiger partial charge is 1.00 e. The number of anilines is 2. The van der Waals surface area contributed by atoms with Gasteiger partial charge in [-0.1, -0.05) is 48.0 Å². The van der Waals surface area contributed by atoms with Gasteiger partial charge in [-0.25, -0.2) is 0 Å². The zero-order valence-electron chi connectivity index (χ0n) is 18.1. The minimum atomic E-state index is -1.17. The quantitative estimate of drug-likeness (QED) is 0.326. The van der Waals surface area contributed by atoms with Crippen LogP contribution in [0.25, 0.3) is 5.57 Å². The van der Waals surface area contributed by atoms with Crippen molar-refractivity contribution < 1.29 is 66.5 Å². The molecule has 0 saturated carbocycles. The predicted octanol–water partition coefficient (Wildman–Crippen LogP) is 0.244. The van der Waals surface area contributed by atoms with Gasteiger partial charge in [0.05, 0.1) is 0 Å². The molecule has 0 aliphatic carbocycles. The Bertz CT molecular complexity index is 988. The molecule has 1 heterocycles. The maximum atomic E-state index is 6.01. The van der Waals surface area contributed by atoms with Crippen LogP contribution in [0.4, 0.5) is 11.4 Å². The van der Waals surface area contributed by atoms with Crippen molar-refractivity contribution in [2.75, 3.05) is 11.9 Å². The smallest absolute Gasteiger partial charge is 1.00 e. The molecular weight excluding hydrogens is 427 g/mol. The minimum absolute atomic E-state index is 0. The third kappa shape index (κ3) is 4.92. The van der Waals surface area contributed by atoms with Crippen molar-refractivity contribution >= 4 is 52.6 Å². The van der Waals surface area contributed by atoms with E-state index in [0.717, 1.165) is 33.4 Å². The Morgan fingerprint density at radius 3 is 1.93 bits per heavy atom. The Morgan fingerprint density at radius 2 is 1.39 bits per heavy atom. The molecule has 4 rings (SSSR count). The first-order valence-electron chi connectivity index (χ1n) is 8.17. The molecule has 0 saturated heterocycles. The monoisotopic (exact) mass is 444 g/mol. The van der Waals surface area contributed by atoms with E-state index in [9.17, 15) is 0 Å². The van der Waals surface area contributed by atoms with E-state index in [4.69, 9.17) is 27.9 Å². The van der Waals surface area contributed by atoms with Crippen molar-refractivity contribution in [3.8, 4) is 0 Å². The van der Waals surface area contributed by atoms with Crippen molar-refractivity contribution in [3.05, 3.63) is 95.2 Å². The summed E-state index contributed by atoms with van der Waals surface area (Å²) in [5, 5.41) is 1.68. The molecule has 3 aromatic carbocycles. The average molecular weight is 445 g/mol. The van der Waals surface area contributed by atoms with Gasteiger partial charge in [0.2, 0.25) is 17.1 Å². The second-order valence-corrected chi connectivity index (χ2v) is 8.64. The molecule has 0 spiro atoms. The topological polar surface area (TPSA) is 12.5 Å². The van der Waals surface area contributed by atoms with Gasteiger partial charge < -0.3 is 7.75 Å².